The second kappa shape index (κ2) is 5.88. The van der Waals surface area contributed by atoms with Crippen molar-refractivity contribution in [3.8, 4) is 0 Å². The van der Waals surface area contributed by atoms with Gasteiger partial charge in [-0.05, 0) is 37.5 Å². The smallest absolute Gasteiger partial charge is 0.248 e. The first-order valence-electron chi connectivity index (χ1n) is 8.13. The Kier molecular flexibility index (Phi) is 4.16. The summed E-state index contributed by atoms with van der Waals surface area (Å²) in [6, 6.07) is 7.17. The Hall–Kier alpha value is -1.88. The van der Waals surface area contributed by atoms with Crippen LogP contribution in [0.2, 0.25) is 5.02 Å². The van der Waals surface area contributed by atoms with Gasteiger partial charge in [-0.1, -0.05) is 49.7 Å². The van der Waals surface area contributed by atoms with E-state index in [9.17, 15) is 4.79 Å². The molecule has 0 saturated heterocycles. The molecular formula is C18H22ClN3O2. The molecule has 24 heavy (non-hydrogen) atoms. The van der Waals surface area contributed by atoms with Crippen LogP contribution in [-0.4, -0.2) is 16.0 Å². The van der Waals surface area contributed by atoms with E-state index in [0.717, 1.165) is 18.4 Å². The van der Waals surface area contributed by atoms with Crippen molar-refractivity contribution in [2.24, 2.45) is 0 Å². The zero-order valence-corrected chi connectivity index (χ0v) is 15.1. The summed E-state index contributed by atoms with van der Waals surface area (Å²) in [7, 11) is 0. The highest BCUT2D eigenvalue weighted by atomic mass is 35.5. The molecular weight excluding hydrogens is 326 g/mol. The first-order valence-corrected chi connectivity index (χ1v) is 8.51. The fourth-order valence-corrected chi connectivity index (χ4v) is 2.86. The molecule has 6 heteroatoms. The molecule has 1 aromatic carbocycles. The topological polar surface area (TPSA) is 68.0 Å². The second-order valence-electron chi connectivity index (χ2n) is 7.49. The van der Waals surface area contributed by atoms with Crippen molar-refractivity contribution < 1.29 is 9.32 Å². The van der Waals surface area contributed by atoms with Gasteiger partial charge < -0.3 is 9.84 Å². The summed E-state index contributed by atoms with van der Waals surface area (Å²) in [5.41, 5.74) is 0.288. The lowest BCUT2D eigenvalue weighted by Crippen LogP contribution is -2.36. The average molecular weight is 348 g/mol. The summed E-state index contributed by atoms with van der Waals surface area (Å²) in [5, 5.41) is 7.66. The summed E-state index contributed by atoms with van der Waals surface area (Å²) in [6.45, 7) is 7.90. The standard InChI is InChI=1S/C18H22ClN3O2/c1-11(14-21-15(22-24-14)17(2,3)4)20-16(23)18(8-9-18)12-6-5-7-13(19)10-12/h5-7,10-11H,8-9H2,1-4H3,(H,20,23). The summed E-state index contributed by atoms with van der Waals surface area (Å²) in [5.74, 6) is 1.04. The predicted molar refractivity (Wildman–Crippen MR) is 91.9 cm³/mol. The predicted octanol–water partition coefficient (Wildman–Crippen LogP) is 3.93. The third-order valence-electron chi connectivity index (χ3n) is 4.39. The van der Waals surface area contributed by atoms with Gasteiger partial charge in [-0.15, -0.1) is 0 Å². The maximum absolute atomic E-state index is 12.8. The Balaban J connectivity index is 1.74. The third kappa shape index (κ3) is 3.18. The molecule has 0 radical (unpaired) electrons. The van der Waals surface area contributed by atoms with E-state index in [1.807, 2.05) is 52.0 Å². The number of carbonyl (C=O) groups excluding carboxylic acids is 1. The van der Waals surface area contributed by atoms with Gasteiger partial charge in [-0.3, -0.25) is 4.79 Å². The normalized spacial score (nSPS) is 17.4. The van der Waals surface area contributed by atoms with Crippen LogP contribution in [0.15, 0.2) is 28.8 Å². The number of hydrogen-bond acceptors (Lipinski definition) is 4. The Morgan fingerprint density at radius 1 is 1.38 bits per heavy atom. The van der Waals surface area contributed by atoms with Crippen LogP contribution in [0.3, 0.4) is 0 Å². The quantitative estimate of drug-likeness (QED) is 0.909. The molecule has 1 aromatic heterocycles. The average Bonchev–Trinajstić information content (AvgIpc) is 3.15. The van der Waals surface area contributed by atoms with Crippen molar-refractivity contribution in [1.29, 1.82) is 0 Å². The number of benzene rings is 1. The fraction of sp³-hybridized carbons (Fsp3) is 0.500. The molecule has 1 fully saturated rings. The highest BCUT2D eigenvalue weighted by Crippen LogP contribution is 2.49. The summed E-state index contributed by atoms with van der Waals surface area (Å²) < 4.78 is 5.31. The van der Waals surface area contributed by atoms with Crippen molar-refractivity contribution in [3.63, 3.8) is 0 Å². The second-order valence-corrected chi connectivity index (χ2v) is 7.93. The zero-order valence-electron chi connectivity index (χ0n) is 14.4. The van der Waals surface area contributed by atoms with Gasteiger partial charge in [-0.25, -0.2) is 0 Å². The minimum Gasteiger partial charge on any atom is -0.344 e. The van der Waals surface area contributed by atoms with Crippen LogP contribution in [0.25, 0.3) is 0 Å². The van der Waals surface area contributed by atoms with Crippen LogP contribution in [0, 0.1) is 0 Å². The molecule has 5 nitrogen and oxygen atoms in total. The van der Waals surface area contributed by atoms with Crippen molar-refractivity contribution in [2.75, 3.05) is 0 Å². The zero-order chi connectivity index (χ0) is 17.5. The van der Waals surface area contributed by atoms with E-state index in [2.05, 4.69) is 15.5 Å². The van der Waals surface area contributed by atoms with Gasteiger partial charge in [0.25, 0.3) is 0 Å². The molecule has 1 heterocycles. The first-order chi connectivity index (χ1) is 11.2. The number of halogens is 1. The van der Waals surface area contributed by atoms with Gasteiger partial charge in [0.05, 0.1) is 5.41 Å². The minimum absolute atomic E-state index is 0.0206. The first kappa shape index (κ1) is 17.0. The summed E-state index contributed by atoms with van der Waals surface area (Å²) in [6.07, 6.45) is 1.64. The van der Waals surface area contributed by atoms with Crippen molar-refractivity contribution in [1.82, 2.24) is 15.5 Å². The van der Waals surface area contributed by atoms with Crippen LogP contribution >= 0.6 is 11.6 Å². The van der Waals surface area contributed by atoms with E-state index < -0.39 is 5.41 Å². The van der Waals surface area contributed by atoms with E-state index in [1.165, 1.54) is 0 Å². The van der Waals surface area contributed by atoms with E-state index >= 15 is 0 Å². The largest absolute Gasteiger partial charge is 0.344 e. The number of rotatable bonds is 4. The number of hydrogen-bond donors (Lipinski definition) is 1. The molecule has 0 bridgehead atoms. The lowest BCUT2D eigenvalue weighted by atomic mass is 9.94. The molecule has 1 atom stereocenters. The highest BCUT2D eigenvalue weighted by Gasteiger charge is 2.51. The lowest BCUT2D eigenvalue weighted by Gasteiger charge is -2.18. The van der Waals surface area contributed by atoms with Crippen molar-refractivity contribution in [2.45, 2.75) is 57.4 Å². The Morgan fingerprint density at radius 2 is 2.08 bits per heavy atom. The van der Waals surface area contributed by atoms with Gasteiger partial charge in [0.1, 0.15) is 6.04 Å². The Bertz CT molecular complexity index is 760. The SMILES string of the molecule is CC(NC(=O)C1(c2cccc(Cl)c2)CC1)c1nc(C(C)(C)C)no1. The summed E-state index contributed by atoms with van der Waals surface area (Å²) >= 11 is 6.07. The van der Waals surface area contributed by atoms with E-state index in [0.29, 0.717) is 16.7 Å². The van der Waals surface area contributed by atoms with Gasteiger partial charge in [0, 0.05) is 10.4 Å². The van der Waals surface area contributed by atoms with E-state index in [-0.39, 0.29) is 17.4 Å². The number of aromatic nitrogens is 2. The maximum atomic E-state index is 12.8. The molecule has 1 aliphatic rings. The van der Waals surface area contributed by atoms with Crippen LogP contribution < -0.4 is 5.32 Å². The van der Waals surface area contributed by atoms with E-state index in [1.54, 1.807) is 0 Å². The molecule has 2 aromatic rings. The van der Waals surface area contributed by atoms with Crippen LogP contribution in [0.4, 0.5) is 0 Å². The number of amides is 1. The molecule has 1 aliphatic carbocycles. The lowest BCUT2D eigenvalue weighted by molar-refractivity contribution is -0.124. The van der Waals surface area contributed by atoms with Crippen molar-refractivity contribution >= 4 is 17.5 Å². The molecule has 128 valence electrons. The van der Waals surface area contributed by atoms with Gasteiger partial charge >= 0.3 is 0 Å². The highest BCUT2D eigenvalue weighted by molar-refractivity contribution is 6.30. The van der Waals surface area contributed by atoms with E-state index in [4.69, 9.17) is 16.1 Å². The van der Waals surface area contributed by atoms with Gasteiger partial charge in [0.15, 0.2) is 5.82 Å². The van der Waals surface area contributed by atoms with Gasteiger partial charge in [-0.2, -0.15) is 4.98 Å². The number of nitrogens with one attached hydrogen (secondary N) is 1. The number of carbonyl (C=O) groups is 1. The fourth-order valence-electron chi connectivity index (χ4n) is 2.67. The maximum Gasteiger partial charge on any atom is 0.248 e. The van der Waals surface area contributed by atoms with Crippen LogP contribution in [0.1, 0.15) is 63.9 Å². The third-order valence-corrected chi connectivity index (χ3v) is 4.63. The molecule has 1 unspecified atom stereocenters. The monoisotopic (exact) mass is 347 g/mol. The Morgan fingerprint density at radius 3 is 2.62 bits per heavy atom. The Labute approximate surface area is 146 Å². The van der Waals surface area contributed by atoms with Crippen LogP contribution in [0.5, 0.6) is 0 Å². The summed E-state index contributed by atoms with van der Waals surface area (Å²) in [4.78, 5) is 17.2. The minimum atomic E-state index is -0.480. The molecule has 1 saturated carbocycles. The molecule has 1 amide bonds. The molecule has 3 rings (SSSR count). The van der Waals surface area contributed by atoms with Gasteiger partial charge in [0.2, 0.25) is 11.8 Å². The van der Waals surface area contributed by atoms with Crippen molar-refractivity contribution in [3.05, 3.63) is 46.6 Å². The van der Waals surface area contributed by atoms with Crippen LogP contribution in [-0.2, 0) is 15.6 Å². The molecule has 0 aliphatic heterocycles. The molecule has 0 spiro atoms. The molecule has 1 N–H and O–H groups in total. The number of nitrogens with zero attached hydrogens (tertiary/aromatic N) is 2.